The maximum absolute atomic E-state index is 11.2. The van der Waals surface area contributed by atoms with E-state index in [1.54, 1.807) is 13.2 Å². The molecule has 110 valence electrons. The van der Waals surface area contributed by atoms with Crippen LogP contribution in [-0.2, 0) is 11.3 Å². The summed E-state index contributed by atoms with van der Waals surface area (Å²) in [6.07, 6.45) is 0. The molecule has 0 unspecified atom stereocenters. The molecule has 6 heteroatoms. The van der Waals surface area contributed by atoms with Crippen molar-refractivity contribution in [2.45, 2.75) is 33.4 Å². The van der Waals surface area contributed by atoms with Gasteiger partial charge in [-0.15, -0.1) is 0 Å². The van der Waals surface area contributed by atoms with Gasteiger partial charge in [0, 0.05) is 13.0 Å². The van der Waals surface area contributed by atoms with Crippen LogP contribution in [0.1, 0.15) is 26.3 Å². The maximum atomic E-state index is 11.2. The third-order valence-corrected chi connectivity index (χ3v) is 2.44. The number of carbonyl (C=O) groups excluding carboxylic acids is 1. The van der Waals surface area contributed by atoms with E-state index in [9.17, 15) is 4.79 Å². The summed E-state index contributed by atoms with van der Waals surface area (Å²) in [5, 5.41) is 5.74. The standard InChI is InChI=1S/C14H22N4O2/c1-9(2)17-14(15)16-8-11-5-6-13(20-4)12(7-11)18-10(3)19/h5-7,9H,8H2,1-4H3,(H,18,19)(H3,15,16,17). The molecule has 1 aromatic rings. The molecule has 1 amide bonds. The molecule has 0 bridgehead atoms. The van der Waals surface area contributed by atoms with E-state index in [0.29, 0.717) is 23.9 Å². The number of hydrogen-bond acceptors (Lipinski definition) is 3. The number of benzene rings is 1. The van der Waals surface area contributed by atoms with Gasteiger partial charge in [0.25, 0.3) is 0 Å². The molecule has 0 aromatic heterocycles. The van der Waals surface area contributed by atoms with E-state index in [-0.39, 0.29) is 11.9 Å². The van der Waals surface area contributed by atoms with Gasteiger partial charge in [0.05, 0.1) is 19.3 Å². The number of hydrogen-bond donors (Lipinski definition) is 3. The second-order valence-corrected chi connectivity index (χ2v) is 4.72. The number of carbonyl (C=O) groups is 1. The zero-order valence-corrected chi connectivity index (χ0v) is 12.4. The lowest BCUT2D eigenvalue weighted by Gasteiger charge is -2.11. The molecule has 0 fully saturated rings. The van der Waals surface area contributed by atoms with Gasteiger partial charge >= 0.3 is 0 Å². The van der Waals surface area contributed by atoms with Crippen LogP contribution >= 0.6 is 0 Å². The van der Waals surface area contributed by atoms with Gasteiger partial charge in [0.15, 0.2) is 5.96 Å². The summed E-state index contributed by atoms with van der Waals surface area (Å²) in [5.41, 5.74) is 7.30. The lowest BCUT2D eigenvalue weighted by atomic mass is 10.2. The third-order valence-electron chi connectivity index (χ3n) is 2.44. The number of methoxy groups -OCH3 is 1. The fourth-order valence-electron chi connectivity index (χ4n) is 1.66. The molecule has 20 heavy (non-hydrogen) atoms. The van der Waals surface area contributed by atoms with Crippen molar-refractivity contribution in [1.82, 2.24) is 5.32 Å². The Morgan fingerprint density at radius 2 is 2.15 bits per heavy atom. The predicted molar refractivity (Wildman–Crippen MR) is 80.9 cm³/mol. The number of anilines is 1. The molecule has 1 rings (SSSR count). The molecule has 0 aliphatic rings. The molecular weight excluding hydrogens is 256 g/mol. The SMILES string of the molecule is COc1ccc(CN=C(N)NC(C)C)cc1NC(C)=O. The topological polar surface area (TPSA) is 88.7 Å². The molecule has 1 aromatic carbocycles. The van der Waals surface area contributed by atoms with Gasteiger partial charge in [-0.1, -0.05) is 6.07 Å². The van der Waals surface area contributed by atoms with Gasteiger partial charge in [-0.25, -0.2) is 4.99 Å². The smallest absolute Gasteiger partial charge is 0.221 e. The Morgan fingerprint density at radius 1 is 1.45 bits per heavy atom. The zero-order valence-electron chi connectivity index (χ0n) is 12.4. The van der Waals surface area contributed by atoms with Crippen molar-refractivity contribution in [1.29, 1.82) is 0 Å². The molecule has 0 spiro atoms. The highest BCUT2D eigenvalue weighted by atomic mass is 16.5. The van der Waals surface area contributed by atoms with Crippen LogP contribution in [0.3, 0.4) is 0 Å². The van der Waals surface area contributed by atoms with Gasteiger partial charge in [0.1, 0.15) is 5.75 Å². The van der Waals surface area contributed by atoms with Gasteiger partial charge in [-0.3, -0.25) is 4.79 Å². The minimum Gasteiger partial charge on any atom is -0.495 e. The average molecular weight is 278 g/mol. The second kappa shape index (κ2) is 7.37. The number of amides is 1. The first-order valence-corrected chi connectivity index (χ1v) is 6.43. The van der Waals surface area contributed by atoms with E-state index in [0.717, 1.165) is 5.56 Å². The summed E-state index contributed by atoms with van der Waals surface area (Å²) < 4.78 is 5.19. The Kier molecular flexibility index (Phi) is 5.83. The van der Waals surface area contributed by atoms with Crippen LogP contribution in [0.25, 0.3) is 0 Å². The van der Waals surface area contributed by atoms with Crippen LogP contribution in [0.4, 0.5) is 5.69 Å². The van der Waals surface area contributed by atoms with E-state index >= 15 is 0 Å². The minimum atomic E-state index is -0.148. The molecular formula is C14H22N4O2. The summed E-state index contributed by atoms with van der Waals surface area (Å²) in [7, 11) is 1.56. The van der Waals surface area contributed by atoms with E-state index in [1.165, 1.54) is 6.92 Å². The highest BCUT2D eigenvalue weighted by Crippen LogP contribution is 2.25. The highest BCUT2D eigenvalue weighted by molar-refractivity contribution is 5.90. The molecule has 0 heterocycles. The lowest BCUT2D eigenvalue weighted by molar-refractivity contribution is -0.114. The summed E-state index contributed by atoms with van der Waals surface area (Å²) in [4.78, 5) is 15.4. The molecule has 0 radical (unpaired) electrons. The Hall–Kier alpha value is -2.24. The Labute approximate surface area is 119 Å². The van der Waals surface area contributed by atoms with E-state index < -0.39 is 0 Å². The van der Waals surface area contributed by atoms with Crippen molar-refractivity contribution < 1.29 is 9.53 Å². The first-order valence-electron chi connectivity index (χ1n) is 6.43. The minimum absolute atomic E-state index is 0.148. The Bertz CT molecular complexity index is 498. The van der Waals surface area contributed by atoms with Crippen molar-refractivity contribution in [2.24, 2.45) is 10.7 Å². The largest absolute Gasteiger partial charge is 0.495 e. The van der Waals surface area contributed by atoms with Crippen molar-refractivity contribution in [2.75, 3.05) is 12.4 Å². The highest BCUT2D eigenvalue weighted by Gasteiger charge is 2.06. The number of rotatable bonds is 5. The Morgan fingerprint density at radius 3 is 2.70 bits per heavy atom. The van der Waals surface area contributed by atoms with Crippen molar-refractivity contribution in [3.05, 3.63) is 23.8 Å². The van der Waals surface area contributed by atoms with Crippen LogP contribution in [0.15, 0.2) is 23.2 Å². The third kappa shape index (κ3) is 5.17. The Balaban J connectivity index is 2.83. The molecule has 0 saturated heterocycles. The quantitative estimate of drug-likeness (QED) is 0.562. The van der Waals surface area contributed by atoms with Crippen molar-refractivity contribution >= 4 is 17.6 Å². The van der Waals surface area contributed by atoms with Gasteiger partial charge < -0.3 is 21.1 Å². The first-order chi connectivity index (χ1) is 9.42. The van der Waals surface area contributed by atoms with E-state index in [4.69, 9.17) is 10.5 Å². The summed E-state index contributed by atoms with van der Waals surface area (Å²) in [6, 6.07) is 5.75. The van der Waals surface area contributed by atoms with Gasteiger partial charge in [-0.2, -0.15) is 0 Å². The number of nitrogens with zero attached hydrogens (tertiary/aromatic N) is 1. The maximum Gasteiger partial charge on any atom is 0.221 e. The average Bonchev–Trinajstić information content (AvgIpc) is 2.35. The normalized spacial score (nSPS) is 11.3. The van der Waals surface area contributed by atoms with Gasteiger partial charge in [-0.05, 0) is 31.5 Å². The summed E-state index contributed by atoms with van der Waals surface area (Å²) in [6.45, 7) is 5.87. The second-order valence-electron chi connectivity index (χ2n) is 4.72. The molecule has 0 aliphatic carbocycles. The van der Waals surface area contributed by atoms with Crippen LogP contribution in [0, 0.1) is 0 Å². The summed E-state index contributed by atoms with van der Waals surface area (Å²) >= 11 is 0. The molecule has 6 nitrogen and oxygen atoms in total. The fraction of sp³-hybridized carbons (Fsp3) is 0.429. The molecule has 0 aliphatic heterocycles. The molecule has 0 saturated carbocycles. The number of aliphatic imine (C=N–C) groups is 1. The van der Waals surface area contributed by atoms with Crippen molar-refractivity contribution in [3.63, 3.8) is 0 Å². The number of ether oxygens (including phenoxy) is 1. The first kappa shape index (κ1) is 15.8. The predicted octanol–water partition coefficient (Wildman–Crippen LogP) is 1.47. The lowest BCUT2D eigenvalue weighted by Crippen LogP contribution is -2.36. The summed E-state index contributed by atoms with van der Waals surface area (Å²) in [5.74, 6) is 0.864. The molecule has 0 atom stereocenters. The van der Waals surface area contributed by atoms with Crippen LogP contribution < -0.4 is 21.1 Å². The number of nitrogens with two attached hydrogens (primary N) is 1. The molecule has 4 N–H and O–H groups in total. The van der Waals surface area contributed by atoms with E-state index in [1.807, 2.05) is 26.0 Å². The number of nitrogens with one attached hydrogen (secondary N) is 2. The zero-order chi connectivity index (χ0) is 15.1. The monoisotopic (exact) mass is 278 g/mol. The van der Waals surface area contributed by atoms with E-state index in [2.05, 4.69) is 15.6 Å². The van der Waals surface area contributed by atoms with Crippen LogP contribution in [0.2, 0.25) is 0 Å². The van der Waals surface area contributed by atoms with Crippen LogP contribution in [0.5, 0.6) is 5.75 Å². The van der Waals surface area contributed by atoms with Crippen LogP contribution in [-0.4, -0.2) is 25.0 Å². The van der Waals surface area contributed by atoms with Gasteiger partial charge in [0.2, 0.25) is 5.91 Å². The van der Waals surface area contributed by atoms with Crippen molar-refractivity contribution in [3.8, 4) is 5.75 Å². The number of guanidine groups is 1. The fourth-order valence-corrected chi connectivity index (χ4v) is 1.66.